The summed E-state index contributed by atoms with van der Waals surface area (Å²) in [6, 6.07) is 19.0. The first kappa shape index (κ1) is 10.3. The van der Waals surface area contributed by atoms with E-state index in [1.54, 1.807) is 0 Å². The summed E-state index contributed by atoms with van der Waals surface area (Å²) >= 11 is 0. The zero-order valence-corrected chi connectivity index (χ0v) is 9.39. The van der Waals surface area contributed by atoms with Crippen LogP contribution in [-0.2, 0) is 11.4 Å². The number of fused-ring (bicyclic) bond motifs is 3. The summed E-state index contributed by atoms with van der Waals surface area (Å²) in [6.45, 7) is 0.444. The van der Waals surface area contributed by atoms with Gasteiger partial charge in [0.1, 0.15) is 0 Å². The van der Waals surface area contributed by atoms with Crippen molar-refractivity contribution in [3.05, 3.63) is 60.2 Å². The van der Waals surface area contributed by atoms with Crippen LogP contribution in [0.5, 0.6) is 0 Å². The summed E-state index contributed by atoms with van der Waals surface area (Å²) in [5, 5.41) is 5.01. The Bertz CT molecular complexity index is 676. The van der Waals surface area contributed by atoms with Gasteiger partial charge < -0.3 is 0 Å². The van der Waals surface area contributed by atoms with Crippen LogP contribution < -0.4 is 5.90 Å². The van der Waals surface area contributed by atoms with E-state index in [0.717, 1.165) is 5.56 Å². The molecule has 0 atom stereocenters. The van der Waals surface area contributed by atoms with Gasteiger partial charge in [0, 0.05) is 0 Å². The van der Waals surface area contributed by atoms with Crippen molar-refractivity contribution in [2.45, 2.75) is 6.61 Å². The van der Waals surface area contributed by atoms with Crippen molar-refractivity contribution in [3.8, 4) is 0 Å². The Hall–Kier alpha value is -1.90. The van der Waals surface area contributed by atoms with Crippen molar-refractivity contribution in [1.29, 1.82) is 0 Å². The zero-order chi connectivity index (χ0) is 11.7. The highest BCUT2D eigenvalue weighted by Crippen LogP contribution is 2.26. The van der Waals surface area contributed by atoms with E-state index in [1.165, 1.54) is 21.5 Å². The monoisotopic (exact) mass is 223 g/mol. The lowest BCUT2D eigenvalue weighted by Gasteiger charge is -2.06. The number of hydrogen-bond donors (Lipinski definition) is 1. The molecule has 3 rings (SSSR count). The summed E-state index contributed by atoms with van der Waals surface area (Å²) in [6.07, 6.45) is 0. The van der Waals surface area contributed by atoms with Crippen molar-refractivity contribution >= 4 is 21.5 Å². The third-order valence-corrected chi connectivity index (χ3v) is 3.06. The lowest BCUT2D eigenvalue weighted by molar-refractivity contribution is 0.124. The van der Waals surface area contributed by atoms with Crippen LogP contribution in [0.3, 0.4) is 0 Å². The third-order valence-electron chi connectivity index (χ3n) is 3.06. The van der Waals surface area contributed by atoms with Gasteiger partial charge in [-0.1, -0.05) is 48.5 Å². The van der Waals surface area contributed by atoms with E-state index in [4.69, 9.17) is 5.90 Å². The molecule has 0 aliphatic heterocycles. The van der Waals surface area contributed by atoms with Crippen molar-refractivity contribution in [2.75, 3.05) is 0 Å². The average molecular weight is 223 g/mol. The van der Waals surface area contributed by atoms with Gasteiger partial charge >= 0.3 is 0 Å². The van der Waals surface area contributed by atoms with Crippen LogP contribution in [0, 0.1) is 0 Å². The van der Waals surface area contributed by atoms with E-state index in [1.807, 2.05) is 6.07 Å². The average Bonchev–Trinajstić information content (AvgIpc) is 2.39. The topological polar surface area (TPSA) is 35.2 Å². The molecule has 17 heavy (non-hydrogen) atoms. The second-order valence-electron chi connectivity index (χ2n) is 4.15. The third kappa shape index (κ3) is 1.78. The highest BCUT2D eigenvalue weighted by molar-refractivity contribution is 6.07. The van der Waals surface area contributed by atoms with Gasteiger partial charge in [-0.2, -0.15) is 0 Å². The molecule has 0 saturated heterocycles. The molecule has 0 radical (unpaired) electrons. The van der Waals surface area contributed by atoms with Crippen molar-refractivity contribution in [3.63, 3.8) is 0 Å². The number of rotatable bonds is 2. The molecule has 0 aliphatic carbocycles. The van der Waals surface area contributed by atoms with Crippen molar-refractivity contribution < 1.29 is 4.84 Å². The number of nitrogens with two attached hydrogens (primary N) is 1. The van der Waals surface area contributed by atoms with Crippen LogP contribution in [0.4, 0.5) is 0 Å². The molecule has 0 spiro atoms. The molecule has 0 bridgehead atoms. The lowest BCUT2D eigenvalue weighted by atomic mass is 10.0. The minimum atomic E-state index is 0.444. The minimum absolute atomic E-state index is 0.444. The Labute approximate surface area is 99.6 Å². The molecule has 0 saturated carbocycles. The van der Waals surface area contributed by atoms with E-state index in [0.29, 0.717) is 6.61 Å². The molecule has 3 aromatic carbocycles. The Morgan fingerprint density at radius 2 is 1.53 bits per heavy atom. The fourth-order valence-corrected chi connectivity index (χ4v) is 2.24. The molecular formula is C15H13NO. The standard InChI is InChI=1S/C15H13NO/c16-17-10-11-5-6-13-8-7-12-3-1-2-4-14(12)15(13)9-11/h1-9H,10,16H2. The number of benzene rings is 3. The zero-order valence-electron chi connectivity index (χ0n) is 9.39. The van der Waals surface area contributed by atoms with Gasteiger partial charge in [0.25, 0.3) is 0 Å². The van der Waals surface area contributed by atoms with E-state index in [-0.39, 0.29) is 0 Å². The van der Waals surface area contributed by atoms with Crippen LogP contribution in [0.2, 0.25) is 0 Å². The minimum Gasteiger partial charge on any atom is -0.300 e. The second-order valence-corrected chi connectivity index (χ2v) is 4.15. The van der Waals surface area contributed by atoms with E-state index in [9.17, 15) is 0 Å². The molecule has 0 aromatic heterocycles. The summed E-state index contributed by atoms with van der Waals surface area (Å²) in [5.41, 5.74) is 1.09. The van der Waals surface area contributed by atoms with Gasteiger partial charge in [-0.25, -0.2) is 5.90 Å². The predicted octanol–water partition coefficient (Wildman–Crippen LogP) is 3.38. The Morgan fingerprint density at radius 1 is 0.824 bits per heavy atom. The van der Waals surface area contributed by atoms with E-state index < -0.39 is 0 Å². The van der Waals surface area contributed by atoms with Gasteiger partial charge in [-0.05, 0) is 33.2 Å². The first-order valence-electron chi connectivity index (χ1n) is 5.60. The lowest BCUT2D eigenvalue weighted by Crippen LogP contribution is -1.98. The Kier molecular flexibility index (Phi) is 2.52. The van der Waals surface area contributed by atoms with Gasteiger partial charge in [-0.15, -0.1) is 0 Å². The quantitative estimate of drug-likeness (QED) is 0.534. The van der Waals surface area contributed by atoms with E-state index in [2.05, 4.69) is 53.4 Å². The molecule has 0 heterocycles. The van der Waals surface area contributed by atoms with Crippen LogP contribution in [-0.4, -0.2) is 0 Å². The smallest absolute Gasteiger partial charge is 0.0930 e. The Balaban J connectivity index is 2.34. The van der Waals surface area contributed by atoms with Crippen LogP contribution in [0.25, 0.3) is 21.5 Å². The fourth-order valence-electron chi connectivity index (χ4n) is 2.24. The van der Waals surface area contributed by atoms with Crippen molar-refractivity contribution in [2.24, 2.45) is 5.90 Å². The molecule has 2 N–H and O–H groups in total. The second kappa shape index (κ2) is 4.17. The highest BCUT2D eigenvalue weighted by Gasteiger charge is 2.01. The number of hydrogen-bond acceptors (Lipinski definition) is 2. The highest BCUT2D eigenvalue weighted by atomic mass is 16.6. The summed E-state index contributed by atoms with van der Waals surface area (Å²) in [7, 11) is 0. The van der Waals surface area contributed by atoms with Gasteiger partial charge in [0.15, 0.2) is 0 Å². The van der Waals surface area contributed by atoms with Crippen LogP contribution >= 0.6 is 0 Å². The maximum absolute atomic E-state index is 5.12. The molecular weight excluding hydrogens is 210 g/mol. The fraction of sp³-hybridized carbons (Fsp3) is 0.0667. The molecule has 0 amide bonds. The molecule has 0 unspecified atom stereocenters. The molecule has 0 aliphatic rings. The van der Waals surface area contributed by atoms with Crippen LogP contribution in [0.15, 0.2) is 54.6 Å². The normalized spacial score (nSPS) is 11.1. The molecule has 2 heteroatoms. The maximum atomic E-state index is 5.12. The van der Waals surface area contributed by atoms with Crippen molar-refractivity contribution in [1.82, 2.24) is 0 Å². The summed E-state index contributed by atoms with van der Waals surface area (Å²) < 4.78 is 0. The first-order chi connectivity index (χ1) is 8.38. The van der Waals surface area contributed by atoms with E-state index >= 15 is 0 Å². The molecule has 3 aromatic rings. The maximum Gasteiger partial charge on any atom is 0.0930 e. The molecule has 0 fully saturated rings. The van der Waals surface area contributed by atoms with Gasteiger partial charge in [0.05, 0.1) is 6.61 Å². The Morgan fingerprint density at radius 3 is 2.35 bits per heavy atom. The first-order valence-corrected chi connectivity index (χ1v) is 5.60. The molecule has 84 valence electrons. The van der Waals surface area contributed by atoms with Gasteiger partial charge in [0.2, 0.25) is 0 Å². The predicted molar refractivity (Wildman–Crippen MR) is 70.4 cm³/mol. The SMILES string of the molecule is NOCc1ccc2ccc3ccccc3c2c1. The molecule has 2 nitrogen and oxygen atoms in total. The van der Waals surface area contributed by atoms with Crippen LogP contribution in [0.1, 0.15) is 5.56 Å². The summed E-state index contributed by atoms with van der Waals surface area (Å²) in [4.78, 5) is 4.69. The summed E-state index contributed by atoms with van der Waals surface area (Å²) in [5.74, 6) is 5.12. The largest absolute Gasteiger partial charge is 0.300 e. The van der Waals surface area contributed by atoms with Gasteiger partial charge in [-0.3, -0.25) is 4.84 Å².